The second kappa shape index (κ2) is 14.9. The van der Waals surface area contributed by atoms with Gasteiger partial charge in [-0.2, -0.15) is 0 Å². The molecule has 0 spiro atoms. The van der Waals surface area contributed by atoms with Gasteiger partial charge in [-0.05, 0) is 108 Å². The van der Waals surface area contributed by atoms with Crippen molar-refractivity contribution in [3.05, 3.63) is 230 Å². The largest absolute Gasteiger partial charge is 0.228 e. The fraction of sp³-hybridized carbons (Fsp3) is 0.0508. The van der Waals surface area contributed by atoms with Crippen LogP contribution in [-0.2, 0) is 5.41 Å². The van der Waals surface area contributed by atoms with Crippen molar-refractivity contribution >= 4 is 10.8 Å². The molecule has 2 nitrogen and oxygen atoms in total. The molecule has 0 unspecified atom stereocenters. The Kier molecular flexibility index (Phi) is 8.86. The molecule has 0 bridgehead atoms. The van der Waals surface area contributed by atoms with Gasteiger partial charge in [0.05, 0.1) is 11.4 Å². The van der Waals surface area contributed by atoms with E-state index in [0.29, 0.717) is 5.82 Å². The van der Waals surface area contributed by atoms with Crippen molar-refractivity contribution in [2.24, 2.45) is 0 Å². The fourth-order valence-corrected chi connectivity index (χ4v) is 9.40. The van der Waals surface area contributed by atoms with Crippen LogP contribution in [0.15, 0.2) is 218 Å². The molecular weight excluding hydrogens is 737 g/mol. The highest BCUT2D eigenvalue weighted by molar-refractivity contribution is 6.02. The van der Waals surface area contributed by atoms with Crippen LogP contribution >= 0.6 is 0 Å². The lowest BCUT2D eigenvalue weighted by atomic mass is 9.81. The van der Waals surface area contributed by atoms with Gasteiger partial charge in [0, 0.05) is 22.1 Å². The lowest BCUT2D eigenvalue weighted by molar-refractivity contribution is 0.661. The first kappa shape index (κ1) is 36.4. The smallest absolute Gasteiger partial charge is 0.161 e. The number of hydrogen-bond acceptors (Lipinski definition) is 2. The van der Waals surface area contributed by atoms with Crippen molar-refractivity contribution in [2.45, 2.75) is 19.3 Å². The van der Waals surface area contributed by atoms with Gasteiger partial charge in [-0.3, -0.25) is 0 Å². The molecule has 9 aromatic carbocycles. The lowest BCUT2D eigenvalue weighted by Gasteiger charge is -2.22. The van der Waals surface area contributed by atoms with Crippen molar-refractivity contribution in [2.75, 3.05) is 0 Å². The van der Waals surface area contributed by atoms with Crippen LogP contribution in [0.5, 0.6) is 0 Å². The standard InChI is InChI=1S/C59H42N2/c1-59(2)53-33-17-32-50(57(53)52-36-43-22-9-10-23-44(43)37-54(52)59)48-29-12-11-28-47(48)49-30-13-14-31-51(49)58-60-55(45-26-15-24-41(34-45)39-18-5-3-6-19-39)38-56(61-58)46-27-16-25-42(35-46)40-20-7-4-8-21-40/h3-38H,1-2H3. The average Bonchev–Trinajstić information content (AvgIpc) is 3.56. The second-order valence-corrected chi connectivity index (χ2v) is 16.5. The van der Waals surface area contributed by atoms with Gasteiger partial charge in [0.25, 0.3) is 0 Å². The number of aromatic nitrogens is 2. The van der Waals surface area contributed by atoms with Gasteiger partial charge in [-0.1, -0.05) is 202 Å². The predicted molar refractivity (Wildman–Crippen MR) is 255 cm³/mol. The van der Waals surface area contributed by atoms with E-state index >= 15 is 0 Å². The summed E-state index contributed by atoms with van der Waals surface area (Å²) in [6.07, 6.45) is 0. The zero-order valence-corrected chi connectivity index (χ0v) is 34.2. The monoisotopic (exact) mass is 778 g/mol. The number of nitrogens with zero attached hydrogens (tertiary/aromatic N) is 2. The van der Waals surface area contributed by atoms with Gasteiger partial charge in [0.15, 0.2) is 5.82 Å². The number of benzene rings is 9. The van der Waals surface area contributed by atoms with Crippen molar-refractivity contribution in [1.82, 2.24) is 9.97 Å². The topological polar surface area (TPSA) is 25.8 Å². The SMILES string of the molecule is CC1(C)c2cc3ccccc3cc2-c2c(-c3ccccc3-c3ccccc3-c3nc(-c4cccc(-c5ccccc5)c4)cc(-c4cccc(-c5ccccc5)c4)n3)cccc21. The molecular formula is C59H42N2. The molecule has 2 heteroatoms. The summed E-state index contributed by atoms with van der Waals surface area (Å²) in [4.78, 5) is 10.9. The summed E-state index contributed by atoms with van der Waals surface area (Å²) in [5.74, 6) is 0.685. The normalized spacial score (nSPS) is 12.6. The molecule has 10 aromatic rings. The minimum Gasteiger partial charge on any atom is -0.228 e. The van der Waals surface area contributed by atoms with Gasteiger partial charge in [-0.15, -0.1) is 0 Å². The van der Waals surface area contributed by atoms with E-state index in [-0.39, 0.29) is 5.41 Å². The summed E-state index contributed by atoms with van der Waals surface area (Å²) in [5.41, 5.74) is 19.3. The summed E-state index contributed by atoms with van der Waals surface area (Å²) in [6, 6.07) is 78.5. The molecule has 1 aromatic heterocycles. The zero-order chi connectivity index (χ0) is 40.9. The molecule has 11 rings (SSSR count). The molecule has 1 aliphatic carbocycles. The van der Waals surface area contributed by atoms with Crippen LogP contribution in [0.1, 0.15) is 25.0 Å². The van der Waals surface area contributed by atoms with Crippen LogP contribution in [0.3, 0.4) is 0 Å². The van der Waals surface area contributed by atoms with Gasteiger partial charge < -0.3 is 0 Å². The first-order chi connectivity index (χ1) is 30.0. The molecule has 1 aliphatic rings. The van der Waals surface area contributed by atoms with Gasteiger partial charge in [0.1, 0.15) is 0 Å². The van der Waals surface area contributed by atoms with Gasteiger partial charge >= 0.3 is 0 Å². The molecule has 0 saturated heterocycles. The van der Waals surface area contributed by atoms with Crippen LogP contribution < -0.4 is 0 Å². The second-order valence-electron chi connectivity index (χ2n) is 16.5. The Morgan fingerprint density at radius 2 is 0.721 bits per heavy atom. The highest BCUT2D eigenvalue weighted by Gasteiger charge is 2.37. The molecule has 0 saturated carbocycles. The predicted octanol–water partition coefficient (Wildman–Crippen LogP) is 15.6. The van der Waals surface area contributed by atoms with Crippen molar-refractivity contribution in [3.63, 3.8) is 0 Å². The van der Waals surface area contributed by atoms with E-state index in [0.717, 1.165) is 50.3 Å². The Labute approximate surface area is 357 Å². The minimum absolute atomic E-state index is 0.141. The summed E-state index contributed by atoms with van der Waals surface area (Å²) in [5, 5.41) is 2.54. The van der Waals surface area contributed by atoms with Crippen molar-refractivity contribution in [1.29, 1.82) is 0 Å². The van der Waals surface area contributed by atoms with Crippen molar-refractivity contribution in [3.8, 4) is 89.5 Å². The maximum Gasteiger partial charge on any atom is 0.161 e. The summed E-state index contributed by atoms with van der Waals surface area (Å²) < 4.78 is 0. The third-order valence-electron chi connectivity index (χ3n) is 12.5. The van der Waals surface area contributed by atoms with Crippen LogP contribution in [0.2, 0.25) is 0 Å². The van der Waals surface area contributed by atoms with Gasteiger partial charge in [0.2, 0.25) is 0 Å². The molecule has 1 heterocycles. The first-order valence-electron chi connectivity index (χ1n) is 21.1. The van der Waals surface area contributed by atoms with E-state index in [2.05, 4.69) is 232 Å². The summed E-state index contributed by atoms with van der Waals surface area (Å²) in [6.45, 7) is 4.73. The summed E-state index contributed by atoms with van der Waals surface area (Å²) >= 11 is 0. The number of fused-ring (bicyclic) bond motifs is 4. The highest BCUT2D eigenvalue weighted by Crippen LogP contribution is 2.54. The Morgan fingerprint density at radius 1 is 0.295 bits per heavy atom. The van der Waals surface area contributed by atoms with Crippen LogP contribution in [0, 0.1) is 0 Å². The van der Waals surface area contributed by atoms with Crippen LogP contribution in [-0.4, -0.2) is 9.97 Å². The molecule has 0 fully saturated rings. The number of hydrogen-bond donors (Lipinski definition) is 0. The molecule has 0 N–H and O–H groups in total. The van der Waals surface area contributed by atoms with E-state index in [4.69, 9.17) is 9.97 Å². The third kappa shape index (κ3) is 6.45. The van der Waals surface area contributed by atoms with E-state index in [1.54, 1.807) is 0 Å². The van der Waals surface area contributed by atoms with Crippen molar-refractivity contribution < 1.29 is 0 Å². The fourth-order valence-electron chi connectivity index (χ4n) is 9.40. The molecule has 0 aliphatic heterocycles. The lowest BCUT2D eigenvalue weighted by Crippen LogP contribution is -2.14. The maximum absolute atomic E-state index is 5.43. The Hall–Kier alpha value is -7.68. The molecule has 0 amide bonds. The van der Waals surface area contributed by atoms with Crippen LogP contribution in [0.25, 0.3) is 100 Å². The van der Waals surface area contributed by atoms with E-state index < -0.39 is 0 Å². The van der Waals surface area contributed by atoms with E-state index in [1.807, 2.05) is 0 Å². The molecule has 0 radical (unpaired) electrons. The number of rotatable bonds is 7. The Bertz CT molecular complexity index is 3170. The van der Waals surface area contributed by atoms with Crippen LogP contribution in [0.4, 0.5) is 0 Å². The maximum atomic E-state index is 5.43. The molecule has 288 valence electrons. The quantitative estimate of drug-likeness (QED) is 0.161. The molecule has 61 heavy (non-hydrogen) atoms. The summed E-state index contributed by atoms with van der Waals surface area (Å²) in [7, 11) is 0. The van der Waals surface area contributed by atoms with E-state index in [9.17, 15) is 0 Å². The minimum atomic E-state index is -0.141. The third-order valence-corrected chi connectivity index (χ3v) is 12.5. The Morgan fingerprint density at radius 3 is 1.31 bits per heavy atom. The molecule has 0 atom stereocenters. The Balaban J connectivity index is 1.10. The average molecular weight is 779 g/mol. The first-order valence-corrected chi connectivity index (χ1v) is 21.1. The van der Waals surface area contributed by atoms with Gasteiger partial charge in [-0.25, -0.2) is 9.97 Å². The van der Waals surface area contributed by atoms with E-state index in [1.165, 1.54) is 55.3 Å². The highest BCUT2D eigenvalue weighted by atomic mass is 14.9. The zero-order valence-electron chi connectivity index (χ0n) is 34.2.